The lowest BCUT2D eigenvalue weighted by atomic mass is 10.2. The number of rotatable bonds is 3. The molecule has 5 heteroatoms. The van der Waals surface area contributed by atoms with E-state index in [1.807, 2.05) is 12.1 Å². The third-order valence-electron chi connectivity index (χ3n) is 2.54. The minimum Gasteiger partial charge on any atom is -0.497 e. The molecule has 0 N–H and O–H groups in total. The molecule has 2 aromatic rings. The second-order valence-corrected chi connectivity index (χ2v) is 4.27. The van der Waals surface area contributed by atoms with Crippen LogP contribution in [-0.4, -0.2) is 7.11 Å². The van der Waals surface area contributed by atoms with Crippen LogP contribution < -0.4 is 9.47 Å². The molecule has 2 aromatic carbocycles. The number of benzene rings is 2. The normalized spacial score (nSPS) is 9.40. The average Bonchev–Trinajstić information content (AvgIpc) is 2.47. The smallest absolute Gasteiger partial charge is 0.132 e. The molecule has 0 bridgehead atoms. The highest BCUT2D eigenvalue weighted by Crippen LogP contribution is 2.29. The van der Waals surface area contributed by atoms with Crippen LogP contribution in [0.3, 0.4) is 0 Å². The molecule has 0 atom stereocenters. The maximum atomic E-state index is 8.94. The van der Waals surface area contributed by atoms with Gasteiger partial charge < -0.3 is 9.47 Å². The standard InChI is InChI=1S/C15H9ClN2O2/c1-19-13-4-10(8-17)5-14(6-13)20-12-3-2-11(9-18)15(16)7-12/h2-7H,1H3. The van der Waals surface area contributed by atoms with E-state index in [4.69, 9.17) is 31.6 Å². The Morgan fingerprint density at radius 2 is 1.70 bits per heavy atom. The van der Waals surface area contributed by atoms with E-state index >= 15 is 0 Å². The number of hydrogen-bond acceptors (Lipinski definition) is 4. The average molecular weight is 285 g/mol. The van der Waals surface area contributed by atoms with Gasteiger partial charge in [0.1, 0.15) is 23.3 Å². The van der Waals surface area contributed by atoms with Crippen molar-refractivity contribution in [2.24, 2.45) is 0 Å². The van der Waals surface area contributed by atoms with Gasteiger partial charge in [0.25, 0.3) is 0 Å². The Bertz CT molecular complexity index is 730. The molecular weight excluding hydrogens is 276 g/mol. The summed E-state index contributed by atoms with van der Waals surface area (Å²) in [6.07, 6.45) is 0. The third kappa shape index (κ3) is 3.00. The summed E-state index contributed by atoms with van der Waals surface area (Å²) in [5.41, 5.74) is 0.807. The fourth-order valence-corrected chi connectivity index (χ4v) is 1.81. The largest absolute Gasteiger partial charge is 0.497 e. The summed E-state index contributed by atoms with van der Waals surface area (Å²) in [4.78, 5) is 0. The zero-order valence-electron chi connectivity index (χ0n) is 10.6. The van der Waals surface area contributed by atoms with E-state index in [0.717, 1.165) is 0 Å². The maximum absolute atomic E-state index is 8.94. The van der Waals surface area contributed by atoms with Gasteiger partial charge >= 0.3 is 0 Å². The number of hydrogen-bond donors (Lipinski definition) is 0. The molecule has 0 amide bonds. The van der Waals surface area contributed by atoms with E-state index in [0.29, 0.717) is 33.4 Å². The van der Waals surface area contributed by atoms with Gasteiger partial charge in [-0.2, -0.15) is 10.5 Å². The Morgan fingerprint density at radius 1 is 0.950 bits per heavy atom. The van der Waals surface area contributed by atoms with Gasteiger partial charge in [-0.05, 0) is 24.3 Å². The van der Waals surface area contributed by atoms with Crippen molar-refractivity contribution in [3.63, 3.8) is 0 Å². The maximum Gasteiger partial charge on any atom is 0.132 e. The lowest BCUT2D eigenvalue weighted by molar-refractivity contribution is 0.409. The quantitative estimate of drug-likeness (QED) is 0.858. The second kappa shape index (κ2) is 5.97. The van der Waals surface area contributed by atoms with Crippen LogP contribution in [0.1, 0.15) is 11.1 Å². The van der Waals surface area contributed by atoms with Crippen molar-refractivity contribution >= 4 is 11.6 Å². The third-order valence-corrected chi connectivity index (χ3v) is 2.85. The van der Waals surface area contributed by atoms with Gasteiger partial charge in [-0.3, -0.25) is 0 Å². The molecule has 0 saturated heterocycles. The molecular formula is C15H9ClN2O2. The van der Waals surface area contributed by atoms with E-state index in [1.54, 1.807) is 36.4 Å². The molecule has 0 radical (unpaired) electrons. The molecule has 0 saturated carbocycles. The van der Waals surface area contributed by atoms with Crippen molar-refractivity contribution in [2.75, 3.05) is 7.11 Å². The molecule has 20 heavy (non-hydrogen) atoms. The van der Waals surface area contributed by atoms with E-state index in [2.05, 4.69) is 0 Å². The number of nitrogens with zero attached hydrogens (tertiary/aromatic N) is 2. The van der Waals surface area contributed by atoms with Gasteiger partial charge in [0.2, 0.25) is 0 Å². The molecule has 0 aliphatic carbocycles. The first-order valence-corrected chi connectivity index (χ1v) is 6.00. The molecule has 0 unspecified atom stereocenters. The van der Waals surface area contributed by atoms with Gasteiger partial charge in [0.05, 0.1) is 29.3 Å². The first kappa shape index (κ1) is 13.7. The second-order valence-electron chi connectivity index (χ2n) is 3.86. The molecule has 2 rings (SSSR count). The van der Waals surface area contributed by atoms with Crippen molar-refractivity contribution in [1.29, 1.82) is 10.5 Å². The van der Waals surface area contributed by atoms with Gasteiger partial charge in [-0.1, -0.05) is 11.6 Å². The van der Waals surface area contributed by atoms with Gasteiger partial charge in [-0.25, -0.2) is 0 Å². The summed E-state index contributed by atoms with van der Waals surface area (Å²) in [6, 6.07) is 13.6. The van der Waals surface area contributed by atoms with Crippen molar-refractivity contribution in [2.45, 2.75) is 0 Å². The van der Waals surface area contributed by atoms with Crippen LogP contribution >= 0.6 is 11.6 Å². The number of methoxy groups -OCH3 is 1. The Balaban J connectivity index is 2.33. The van der Waals surface area contributed by atoms with E-state index in [-0.39, 0.29) is 0 Å². The fraction of sp³-hybridized carbons (Fsp3) is 0.0667. The topological polar surface area (TPSA) is 66.0 Å². The van der Waals surface area contributed by atoms with E-state index < -0.39 is 0 Å². The molecule has 0 fully saturated rings. The van der Waals surface area contributed by atoms with Crippen LogP contribution in [0.15, 0.2) is 36.4 Å². The predicted molar refractivity (Wildman–Crippen MR) is 74.0 cm³/mol. The summed E-state index contributed by atoms with van der Waals surface area (Å²) in [5.74, 6) is 1.46. The molecule has 4 nitrogen and oxygen atoms in total. The summed E-state index contributed by atoms with van der Waals surface area (Å²) in [6.45, 7) is 0. The van der Waals surface area contributed by atoms with Crippen molar-refractivity contribution in [3.8, 4) is 29.4 Å². The lowest BCUT2D eigenvalue weighted by Gasteiger charge is -2.08. The molecule has 0 heterocycles. The number of ether oxygens (including phenoxy) is 2. The summed E-state index contributed by atoms with van der Waals surface area (Å²) < 4.78 is 10.7. The van der Waals surface area contributed by atoms with Crippen molar-refractivity contribution in [1.82, 2.24) is 0 Å². The zero-order valence-corrected chi connectivity index (χ0v) is 11.3. The van der Waals surface area contributed by atoms with Gasteiger partial charge in [-0.15, -0.1) is 0 Å². The summed E-state index contributed by atoms with van der Waals surface area (Å²) in [7, 11) is 1.51. The molecule has 98 valence electrons. The highest BCUT2D eigenvalue weighted by atomic mass is 35.5. The van der Waals surface area contributed by atoms with E-state index in [9.17, 15) is 0 Å². The van der Waals surface area contributed by atoms with Crippen LogP contribution in [0.5, 0.6) is 17.2 Å². The highest BCUT2D eigenvalue weighted by Gasteiger charge is 2.06. The Labute approximate surface area is 121 Å². The fourth-order valence-electron chi connectivity index (χ4n) is 1.60. The minimum absolute atomic E-state index is 0.313. The monoisotopic (exact) mass is 284 g/mol. The Kier molecular flexibility index (Phi) is 4.10. The van der Waals surface area contributed by atoms with E-state index in [1.165, 1.54) is 7.11 Å². The minimum atomic E-state index is 0.313. The van der Waals surface area contributed by atoms with Crippen molar-refractivity contribution < 1.29 is 9.47 Å². The summed E-state index contributed by atoms with van der Waals surface area (Å²) >= 11 is 5.93. The predicted octanol–water partition coefficient (Wildman–Crippen LogP) is 3.88. The van der Waals surface area contributed by atoms with Crippen molar-refractivity contribution in [3.05, 3.63) is 52.5 Å². The molecule has 0 aliphatic heterocycles. The van der Waals surface area contributed by atoms with Gasteiger partial charge in [0.15, 0.2) is 0 Å². The van der Waals surface area contributed by atoms with Crippen LogP contribution in [0.2, 0.25) is 5.02 Å². The van der Waals surface area contributed by atoms with Crippen LogP contribution in [0.4, 0.5) is 0 Å². The SMILES string of the molecule is COc1cc(C#N)cc(Oc2ccc(C#N)c(Cl)c2)c1. The van der Waals surface area contributed by atoms with Crippen LogP contribution in [-0.2, 0) is 0 Å². The highest BCUT2D eigenvalue weighted by molar-refractivity contribution is 6.31. The zero-order chi connectivity index (χ0) is 14.5. The lowest BCUT2D eigenvalue weighted by Crippen LogP contribution is -1.89. The van der Waals surface area contributed by atoms with Crippen LogP contribution in [0, 0.1) is 22.7 Å². The number of nitriles is 2. The molecule has 0 spiro atoms. The summed E-state index contributed by atoms with van der Waals surface area (Å²) in [5, 5.41) is 18.1. The van der Waals surface area contributed by atoms with Gasteiger partial charge in [0, 0.05) is 12.1 Å². The Hall–Kier alpha value is -2.69. The van der Waals surface area contributed by atoms with Crippen LogP contribution in [0.25, 0.3) is 0 Å². The Morgan fingerprint density at radius 3 is 2.30 bits per heavy atom. The first-order chi connectivity index (χ1) is 9.66. The number of halogens is 1. The molecule has 0 aromatic heterocycles. The first-order valence-electron chi connectivity index (χ1n) is 5.63. The molecule has 0 aliphatic rings.